The number of allylic oxidation sites excluding steroid dienone is 4. The van der Waals surface area contributed by atoms with Crippen molar-refractivity contribution in [3.8, 4) is 0 Å². The zero-order valence-corrected chi connectivity index (χ0v) is 27.8. The minimum absolute atomic E-state index is 1.13. The van der Waals surface area contributed by atoms with Crippen LogP contribution in [0.2, 0.25) is 14.4 Å². The van der Waals surface area contributed by atoms with Gasteiger partial charge in [-0.3, -0.25) is 0 Å². The SMILES string of the molecule is CCCCCC[CH2][Pt]([CH2]CCCCCC)([CH2]CCCCCC)[C]1=C(C)C([Si](OC)(OC)OC)=CC1. The average Bonchev–Trinajstić information content (AvgIpc) is 3.27. The van der Waals surface area contributed by atoms with Crippen molar-refractivity contribution in [2.75, 3.05) is 21.3 Å². The van der Waals surface area contributed by atoms with E-state index in [1.54, 1.807) is 21.3 Å². The summed E-state index contributed by atoms with van der Waals surface area (Å²) in [7, 11) is 2.49. The predicted octanol–water partition coefficient (Wildman–Crippen LogP) is 10.3. The summed E-state index contributed by atoms with van der Waals surface area (Å²) in [5, 5.41) is 1.26. The van der Waals surface area contributed by atoms with E-state index in [0.717, 1.165) is 6.42 Å². The maximum atomic E-state index is 5.94. The number of unbranched alkanes of at least 4 members (excludes halogenated alkanes) is 12. The van der Waals surface area contributed by atoms with Crippen LogP contribution in [-0.2, 0) is 29.3 Å². The van der Waals surface area contributed by atoms with E-state index in [1.165, 1.54) is 122 Å². The molecule has 0 N–H and O–H groups in total. The van der Waals surface area contributed by atoms with E-state index < -0.39 is 24.9 Å². The average molecular weight is 692 g/mol. The summed E-state index contributed by atoms with van der Waals surface area (Å²) in [5.41, 5.74) is 1.49. The standard InChI is InChI=1S/C9H15O3Si.3C7H15.Pt/c1-8-6-5-7-9(8)13(10-2,11-3)12-4;3*1-3-5-7-6-4-2;/h7H,5H2,1-4H3;3*1,3-7H2,2H3;. The second-order valence-corrected chi connectivity index (χ2v) is 23.5. The Hall–Kier alpha value is 0.265. The van der Waals surface area contributed by atoms with E-state index in [-0.39, 0.29) is 0 Å². The molecular formula is C30H60O3PtSi. The third kappa shape index (κ3) is 10.5. The molecule has 0 amide bonds. The van der Waals surface area contributed by atoms with Crippen LogP contribution in [0.4, 0.5) is 0 Å². The Kier molecular flexibility index (Phi) is 18.4. The van der Waals surface area contributed by atoms with Crippen LogP contribution in [-0.4, -0.2) is 30.1 Å². The van der Waals surface area contributed by atoms with Crippen LogP contribution >= 0.6 is 0 Å². The number of hydrogen-bond acceptors (Lipinski definition) is 3. The second-order valence-electron chi connectivity index (χ2n) is 10.0. The zero-order valence-electron chi connectivity index (χ0n) is 24.6. The van der Waals surface area contributed by atoms with Crippen molar-refractivity contribution in [1.29, 1.82) is 0 Å². The summed E-state index contributed by atoms with van der Waals surface area (Å²) in [5.74, 6) is 0. The van der Waals surface area contributed by atoms with E-state index in [9.17, 15) is 0 Å². The summed E-state index contributed by atoms with van der Waals surface area (Å²) in [6.45, 7) is 9.35. The Morgan fingerprint density at radius 3 is 1.34 bits per heavy atom. The molecule has 0 unspecified atom stereocenters. The van der Waals surface area contributed by atoms with Crippen molar-refractivity contribution < 1.29 is 29.3 Å². The molecule has 1 aliphatic carbocycles. The first-order chi connectivity index (χ1) is 17.0. The quantitative estimate of drug-likeness (QED) is 0.0789. The van der Waals surface area contributed by atoms with Gasteiger partial charge in [0.15, 0.2) is 0 Å². The van der Waals surface area contributed by atoms with Crippen molar-refractivity contribution in [2.45, 2.75) is 145 Å². The predicted molar refractivity (Wildman–Crippen MR) is 153 cm³/mol. The Balaban J connectivity index is 3.21. The molecule has 5 heteroatoms. The molecule has 0 aromatic heterocycles. The van der Waals surface area contributed by atoms with E-state index in [1.807, 2.05) is 3.96 Å². The van der Waals surface area contributed by atoms with Crippen LogP contribution in [0.25, 0.3) is 0 Å². The van der Waals surface area contributed by atoms with Gasteiger partial charge in [0.25, 0.3) is 0 Å². The molecule has 0 aliphatic heterocycles. The van der Waals surface area contributed by atoms with E-state index in [2.05, 4.69) is 33.8 Å². The van der Waals surface area contributed by atoms with Gasteiger partial charge in [-0.1, -0.05) is 0 Å². The zero-order chi connectivity index (χ0) is 26.0. The number of rotatable bonds is 23. The van der Waals surface area contributed by atoms with Gasteiger partial charge in [-0.05, 0) is 0 Å². The topological polar surface area (TPSA) is 27.7 Å². The fourth-order valence-electron chi connectivity index (χ4n) is 5.17. The fourth-order valence-corrected chi connectivity index (χ4v) is 21.0. The second kappa shape index (κ2) is 19.4. The molecule has 35 heavy (non-hydrogen) atoms. The normalized spacial score (nSPS) is 15.2. The summed E-state index contributed by atoms with van der Waals surface area (Å²) < 4.78 is 19.7. The van der Waals surface area contributed by atoms with Gasteiger partial charge in [-0.15, -0.1) is 0 Å². The summed E-state index contributed by atoms with van der Waals surface area (Å²) in [6, 6.07) is 0. The molecule has 0 radical (unpaired) electrons. The van der Waals surface area contributed by atoms with Gasteiger partial charge in [0.2, 0.25) is 0 Å². The fraction of sp³-hybridized carbons (Fsp3) is 0.867. The van der Waals surface area contributed by atoms with E-state index >= 15 is 0 Å². The third-order valence-corrected chi connectivity index (χ3v) is 23.4. The van der Waals surface area contributed by atoms with Crippen LogP contribution < -0.4 is 0 Å². The van der Waals surface area contributed by atoms with Crippen molar-refractivity contribution in [1.82, 2.24) is 0 Å². The van der Waals surface area contributed by atoms with Gasteiger partial charge in [0.1, 0.15) is 0 Å². The first-order valence-corrected chi connectivity index (χ1v) is 22.3. The Labute approximate surface area is 224 Å². The third-order valence-electron chi connectivity index (χ3n) is 7.36. The van der Waals surface area contributed by atoms with Crippen molar-refractivity contribution in [2.24, 2.45) is 0 Å². The molecule has 0 spiro atoms. The first kappa shape index (κ1) is 33.3. The first-order valence-electron chi connectivity index (χ1n) is 14.6. The van der Waals surface area contributed by atoms with Crippen LogP contribution in [0, 0.1) is 0 Å². The summed E-state index contributed by atoms with van der Waals surface area (Å²) in [6.07, 6.45) is 24.5. The van der Waals surface area contributed by atoms with Crippen LogP contribution in [0.15, 0.2) is 20.8 Å². The van der Waals surface area contributed by atoms with Gasteiger partial charge in [0, 0.05) is 0 Å². The van der Waals surface area contributed by atoms with E-state index in [0.29, 0.717) is 0 Å². The molecule has 0 fully saturated rings. The van der Waals surface area contributed by atoms with Crippen LogP contribution in [0.3, 0.4) is 0 Å². The molecule has 1 rings (SSSR count). The molecule has 1 aliphatic rings. The van der Waals surface area contributed by atoms with Gasteiger partial charge in [-0.25, -0.2) is 0 Å². The van der Waals surface area contributed by atoms with Crippen molar-refractivity contribution in [3.63, 3.8) is 0 Å². The molecule has 0 aromatic carbocycles. The van der Waals surface area contributed by atoms with Crippen molar-refractivity contribution >= 4 is 8.80 Å². The van der Waals surface area contributed by atoms with Gasteiger partial charge in [0.05, 0.1) is 0 Å². The van der Waals surface area contributed by atoms with Gasteiger partial charge < -0.3 is 0 Å². The molecule has 0 heterocycles. The molecule has 0 saturated carbocycles. The molecule has 0 saturated heterocycles. The summed E-state index contributed by atoms with van der Waals surface area (Å²) >= 11 is -2.15. The maximum absolute atomic E-state index is 5.94. The molecular weight excluding hydrogens is 631 g/mol. The monoisotopic (exact) mass is 691 g/mol. The Morgan fingerprint density at radius 2 is 1.00 bits per heavy atom. The molecule has 0 bridgehead atoms. The van der Waals surface area contributed by atoms with Crippen LogP contribution in [0.1, 0.15) is 130 Å². The van der Waals surface area contributed by atoms with Gasteiger partial charge in [-0.2, -0.15) is 0 Å². The summed E-state index contributed by atoms with van der Waals surface area (Å²) in [4.78, 5) is 4.56. The van der Waals surface area contributed by atoms with E-state index in [4.69, 9.17) is 13.3 Å². The molecule has 212 valence electrons. The van der Waals surface area contributed by atoms with Crippen molar-refractivity contribution in [3.05, 3.63) is 20.8 Å². The molecule has 3 nitrogen and oxygen atoms in total. The Bertz CT molecular complexity index is 568. The number of hydrogen-bond donors (Lipinski definition) is 0. The Morgan fingerprint density at radius 1 is 0.629 bits per heavy atom. The molecule has 0 atom stereocenters. The molecule has 0 aromatic rings. The minimum atomic E-state index is -2.78. The van der Waals surface area contributed by atoms with Gasteiger partial charge >= 0.3 is 225 Å². The van der Waals surface area contributed by atoms with Crippen LogP contribution in [0.5, 0.6) is 0 Å².